The predicted molar refractivity (Wildman–Crippen MR) is 61.4 cm³/mol. The van der Waals surface area contributed by atoms with E-state index in [1.165, 1.54) is 12.3 Å². The molecule has 0 aliphatic heterocycles. The Labute approximate surface area is 101 Å². The van der Waals surface area contributed by atoms with Crippen LogP contribution < -0.4 is 11.2 Å². The maximum absolute atomic E-state index is 10.7. The summed E-state index contributed by atoms with van der Waals surface area (Å²) < 4.78 is 0. The number of amides is 2. The molecule has 0 spiro atoms. The number of halogens is 2. The standard InChI is InChI=1S/C9H7Cl2N3O2/c10-6-2-1-5(7(11)3-6)4-13-14-9(16)8(12)15/h1-4H,(H2,12,15)(H,14,16). The zero-order valence-corrected chi connectivity index (χ0v) is 9.42. The molecule has 7 heteroatoms. The highest BCUT2D eigenvalue weighted by Gasteiger charge is 2.05. The lowest BCUT2D eigenvalue weighted by Crippen LogP contribution is -2.32. The Morgan fingerprint density at radius 1 is 1.38 bits per heavy atom. The van der Waals surface area contributed by atoms with Gasteiger partial charge in [0, 0.05) is 10.6 Å². The van der Waals surface area contributed by atoms with Gasteiger partial charge in [-0.15, -0.1) is 0 Å². The summed E-state index contributed by atoms with van der Waals surface area (Å²) in [5.74, 6) is -2.11. The molecule has 0 radical (unpaired) electrons. The highest BCUT2D eigenvalue weighted by molar-refractivity contribution is 6.36. The molecule has 0 heterocycles. The van der Waals surface area contributed by atoms with Gasteiger partial charge in [-0.05, 0) is 12.1 Å². The molecule has 0 unspecified atom stereocenters. The zero-order chi connectivity index (χ0) is 12.1. The van der Waals surface area contributed by atoms with E-state index in [9.17, 15) is 9.59 Å². The van der Waals surface area contributed by atoms with Crippen LogP contribution in [0, 0.1) is 0 Å². The Morgan fingerprint density at radius 3 is 2.62 bits per heavy atom. The van der Waals surface area contributed by atoms with Crippen LogP contribution >= 0.6 is 23.2 Å². The summed E-state index contributed by atoms with van der Waals surface area (Å²) in [7, 11) is 0. The fourth-order valence-electron chi connectivity index (χ4n) is 0.822. The minimum Gasteiger partial charge on any atom is -0.361 e. The van der Waals surface area contributed by atoms with Crippen LogP contribution in [-0.4, -0.2) is 18.0 Å². The topological polar surface area (TPSA) is 84.5 Å². The molecule has 0 aliphatic carbocycles. The molecule has 1 aromatic carbocycles. The Morgan fingerprint density at radius 2 is 2.06 bits per heavy atom. The molecule has 0 aliphatic rings. The number of nitrogens with zero attached hydrogens (tertiary/aromatic N) is 1. The van der Waals surface area contributed by atoms with Crippen LogP contribution in [0.15, 0.2) is 23.3 Å². The summed E-state index contributed by atoms with van der Waals surface area (Å²) in [4.78, 5) is 21.1. The van der Waals surface area contributed by atoms with Crippen molar-refractivity contribution in [3.63, 3.8) is 0 Å². The number of hydrogen-bond acceptors (Lipinski definition) is 3. The fraction of sp³-hybridized carbons (Fsp3) is 0. The lowest BCUT2D eigenvalue weighted by molar-refractivity contribution is -0.137. The van der Waals surface area contributed by atoms with Gasteiger partial charge in [0.25, 0.3) is 0 Å². The molecule has 3 N–H and O–H groups in total. The maximum Gasteiger partial charge on any atom is 0.329 e. The molecular formula is C9H7Cl2N3O2. The van der Waals surface area contributed by atoms with Gasteiger partial charge in [-0.2, -0.15) is 5.10 Å². The van der Waals surface area contributed by atoms with Crippen molar-refractivity contribution in [2.45, 2.75) is 0 Å². The third-order valence-corrected chi connectivity index (χ3v) is 2.12. The van der Waals surface area contributed by atoms with E-state index in [-0.39, 0.29) is 0 Å². The number of rotatable bonds is 2. The number of primary amides is 1. The fourth-order valence-corrected chi connectivity index (χ4v) is 1.28. The number of hydrazone groups is 1. The first-order valence-corrected chi connectivity index (χ1v) is 4.84. The molecular weight excluding hydrogens is 253 g/mol. The number of hydrogen-bond donors (Lipinski definition) is 2. The zero-order valence-electron chi connectivity index (χ0n) is 7.91. The van der Waals surface area contributed by atoms with Crippen LogP contribution in [0.2, 0.25) is 10.0 Å². The van der Waals surface area contributed by atoms with Crippen LogP contribution in [0.4, 0.5) is 0 Å². The van der Waals surface area contributed by atoms with Crippen molar-refractivity contribution in [2.24, 2.45) is 10.8 Å². The largest absolute Gasteiger partial charge is 0.361 e. The van der Waals surface area contributed by atoms with E-state index in [0.29, 0.717) is 15.6 Å². The van der Waals surface area contributed by atoms with Gasteiger partial charge in [0.05, 0.1) is 11.2 Å². The molecule has 84 valence electrons. The Balaban J connectivity index is 2.70. The van der Waals surface area contributed by atoms with Gasteiger partial charge in [0.2, 0.25) is 0 Å². The van der Waals surface area contributed by atoms with E-state index in [4.69, 9.17) is 28.9 Å². The van der Waals surface area contributed by atoms with Gasteiger partial charge >= 0.3 is 11.8 Å². The average Bonchev–Trinajstić information content (AvgIpc) is 2.20. The minimum atomic E-state index is -1.11. The molecule has 5 nitrogen and oxygen atoms in total. The molecule has 0 atom stereocenters. The van der Waals surface area contributed by atoms with Crippen LogP contribution in [0.5, 0.6) is 0 Å². The lowest BCUT2D eigenvalue weighted by Gasteiger charge is -1.98. The molecule has 16 heavy (non-hydrogen) atoms. The lowest BCUT2D eigenvalue weighted by atomic mass is 10.2. The smallest absolute Gasteiger partial charge is 0.329 e. The number of carbonyl (C=O) groups is 2. The molecule has 0 aromatic heterocycles. The van der Waals surface area contributed by atoms with Gasteiger partial charge in [0.1, 0.15) is 0 Å². The molecule has 0 bridgehead atoms. The van der Waals surface area contributed by atoms with Crippen molar-refractivity contribution >= 4 is 41.2 Å². The molecule has 1 aromatic rings. The van der Waals surface area contributed by atoms with E-state index in [2.05, 4.69) is 5.10 Å². The van der Waals surface area contributed by atoms with Crippen molar-refractivity contribution in [3.05, 3.63) is 33.8 Å². The Hall–Kier alpha value is -1.59. The van der Waals surface area contributed by atoms with Gasteiger partial charge in [-0.1, -0.05) is 29.3 Å². The van der Waals surface area contributed by atoms with Gasteiger partial charge < -0.3 is 5.73 Å². The normalized spacial score (nSPS) is 10.4. The number of carbonyl (C=O) groups excluding carboxylic acids is 2. The van der Waals surface area contributed by atoms with Crippen LogP contribution in [0.25, 0.3) is 0 Å². The van der Waals surface area contributed by atoms with Crippen LogP contribution in [-0.2, 0) is 9.59 Å². The minimum absolute atomic E-state index is 0.379. The van der Waals surface area contributed by atoms with Gasteiger partial charge in [-0.25, -0.2) is 5.43 Å². The summed E-state index contributed by atoms with van der Waals surface area (Å²) in [5.41, 5.74) is 7.19. The molecule has 2 amide bonds. The van der Waals surface area contributed by atoms with E-state index >= 15 is 0 Å². The summed E-state index contributed by atoms with van der Waals surface area (Å²) >= 11 is 11.5. The second-order valence-corrected chi connectivity index (χ2v) is 3.57. The van der Waals surface area contributed by atoms with Crippen molar-refractivity contribution in [1.29, 1.82) is 0 Å². The monoisotopic (exact) mass is 259 g/mol. The SMILES string of the molecule is NC(=O)C(=O)NN=Cc1ccc(Cl)cc1Cl. The van der Waals surface area contributed by atoms with Gasteiger partial charge in [-0.3, -0.25) is 9.59 Å². The molecule has 0 saturated heterocycles. The number of benzene rings is 1. The first kappa shape index (κ1) is 12.5. The van der Waals surface area contributed by atoms with Gasteiger partial charge in [0.15, 0.2) is 0 Å². The number of nitrogens with two attached hydrogens (primary N) is 1. The molecule has 0 saturated carbocycles. The second kappa shape index (κ2) is 5.48. The van der Waals surface area contributed by atoms with E-state index in [1.807, 2.05) is 5.43 Å². The van der Waals surface area contributed by atoms with E-state index < -0.39 is 11.8 Å². The second-order valence-electron chi connectivity index (χ2n) is 2.73. The maximum atomic E-state index is 10.7. The van der Waals surface area contributed by atoms with Crippen molar-refractivity contribution in [2.75, 3.05) is 0 Å². The van der Waals surface area contributed by atoms with Crippen molar-refractivity contribution < 1.29 is 9.59 Å². The van der Waals surface area contributed by atoms with E-state index in [0.717, 1.165) is 0 Å². The molecule has 1 rings (SSSR count). The first-order chi connectivity index (χ1) is 7.50. The first-order valence-electron chi connectivity index (χ1n) is 4.08. The third-order valence-electron chi connectivity index (χ3n) is 1.56. The predicted octanol–water partition coefficient (Wildman–Crippen LogP) is 0.929. The quantitative estimate of drug-likeness (QED) is 0.471. The average molecular weight is 260 g/mol. The van der Waals surface area contributed by atoms with E-state index in [1.54, 1.807) is 12.1 Å². The Kier molecular flexibility index (Phi) is 4.28. The summed E-state index contributed by atoms with van der Waals surface area (Å²) in [6.07, 6.45) is 1.28. The van der Waals surface area contributed by atoms with Crippen molar-refractivity contribution in [3.8, 4) is 0 Å². The molecule has 0 fully saturated rings. The van der Waals surface area contributed by atoms with Crippen LogP contribution in [0.3, 0.4) is 0 Å². The summed E-state index contributed by atoms with van der Waals surface area (Å²) in [6, 6.07) is 4.76. The summed E-state index contributed by atoms with van der Waals surface area (Å²) in [6.45, 7) is 0. The Bertz CT molecular complexity index is 460. The third kappa shape index (κ3) is 3.52. The van der Waals surface area contributed by atoms with Crippen molar-refractivity contribution in [1.82, 2.24) is 5.43 Å². The highest BCUT2D eigenvalue weighted by Crippen LogP contribution is 2.19. The number of nitrogens with one attached hydrogen (secondary N) is 1. The van der Waals surface area contributed by atoms with Crippen LogP contribution in [0.1, 0.15) is 5.56 Å². The summed E-state index contributed by atoms with van der Waals surface area (Å²) in [5, 5.41) is 4.37. The highest BCUT2D eigenvalue weighted by atomic mass is 35.5.